The van der Waals surface area contributed by atoms with Gasteiger partial charge in [0.2, 0.25) is 5.91 Å². The second-order valence-corrected chi connectivity index (χ2v) is 4.76. The first-order valence-corrected chi connectivity index (χ1v) is 6.08. The predicted octanol–water partition coefficient (Wildman–Crippen LogP) is 1.09. The van der Waals surface area contributed by atoms with Crippen molar-refractivity contribution >= 4 is 5.91 Å². The van der Waals surface area contributed by atoms with E-state index < -0.39 is 0 Å². The van der Waals surface area contributed by atoms with Crippen molar-refractivity contribution in [2.45, 2.75) is 26.3 Å². The van der Waals surface area contributed by atoms with E-state index in [2.05, 4.69) is 16.0 Å². The molecule has 0 radical (unpaired) electrons. The van der Waals surface area contributed by atoms with Crippen LogP contribution in [0.5, 0.6) is 0 Å². The smallest absolute Gasteiger partial charge is 0.220 e. The zero-order valence-electron chi connectivity index (χ0n) is 10.2. The summed E-state index contributed by atoms with van der Waals surface area (Å²) >= 11 is 0. The molecule has 1 saturated heterocycles. The predicted molar refractivity (Wildman–Crippen MR) is 66.2 cm³/mol. The topological polar surface area (TPSA) is 59.2 Å². The number of likely N-dealkylation sites (tertiary alicyclic amines) is 1. The number of aromatic nitrogens is 1. The first kappa shape index (κ1) is 12.0. The molecule has 1 aliphatic rings. The standard InChI is InChI=1S/C13H19N3O/c1-10-2-3-11(8-15-10)9-16-6-4-12(5-7-16)13(14)17/h2-3,8,12H,4-7,9H2,1H3,(H2,14,17). The number of hydrogen-bond donors (Lipinski definition) is 1. The lowest BCUT2D eigenvalue weighted by Gasteiger charge is -2.30. The number of rotatable bonds is 3. The van der Waals surface area contributed by atoms with Gasteiger partial charge >= 0.3 is 0 Å². The quantitative estimate of drug-likeness (QED) is 0.850. The molecule has 0 aliphatic carbocycles. The minimum absolute atomic E-state index is 0.0717. The Balaban J connectivity index is 1.85. The molecule has 0 saturated carbocycles. The molecule has 1 amide bonds. The number of piperidine rings is 1. The first-order chi connectivity index (χ1) is 8.15. The van der Waals surface area contributed by atoms with E-state index >= 15 is 0 Å². The summed E-state index contributed by atoms with van der Waals surface area (Å²) in [5.74, 6) is -0.0796. The summed E-state index contributed by atoms with van der Waals surface area (Å²) in [7, 11) is 0. The van der Waals surface area contributed by atoms with Gasteiger partial charge in [0.15, 0.2) is 0 Å². The molecule has 17 heavy (non-hydrogen) atoms. The van der Waals surface area contributed by atoms with Gasteiger partial charge in [-0.05, 0) is 44.5 Å². The summed E-state index contributed by atoms with van der Waals surface area (Å²) in [5, 5.41) is 0. The van der Waals surface area contributed by atoms with Gasteiger partial charge in [0, 0.05) is 24.4 Å². The van der Waals surface area contributed by atoms with E-state index in [1.165, 1.54) is 5.56 Å². The number of amides is 1. The molecule has 1 fully saturated rings. The molecule has 1 aromatic heterocycles. The highest BCUT2D eigenvalue weighted by Gasteiger charge is 2.22. The second-order valence-electron chi connectivity index (χ2n) is 4.76. The zero-order chi connectivity index (χ0) is 12.3. The van der Waals surface area contributed by atoms with Gasteiger partial charge in [-0.1, -0.05) is 6.07 Å². The van der Waals surface area contributed by atoms with E-state index in [1.54, 1.807) is 0 Å². The van der Waals surface area contributed by atoms with Gasteiger partial charge < -0.3 is 5.73 Å². The highest BCUT2D eigenvalue weighted by molar-refractivity contribution is 5.76. The van der Waals surface area contributed by atoms with E-state index in [-0.39, 0.29) is 11.8 Å². The van der Waals surface area contributed by atoms with Crippen LogP contribution in [-0.2, 0) is 11.3 Å². The summed E-state index contributed by atoms with van der Waals surface area (Å²) < 4.78 is 0. The van der Waals surface area contributed by atoms with Crippen LogP contribution >= 0.6 is 0 Å². The Labute approximate surface area is 102 Å². The molecular weight excluding hydrogens is 214 g/mol. The van der Waals surface area contributed by atoms with E-state index in [4.69, 9.17) is 5.73 Å². The minimum atomic E-state index is -0.151. The second kappa shape index (κ2) is 5.27. The number of pyridine rings is 1. The summed E-state index contributed by atoms with van der Waals surface area (Å²) in [5.41, 5.74) is 7.59. The molecule has 4 nitrogen and oxygen atoms in total. The molecule has 2 rings (SSSR count). The van der Waals surface area contributed by atoms with Crippen LogP contribution in [-0.4, -0.2) is 28.9 Å². The molecular formula is C13H19N3O. The third kappa shape index (κ3) is 3.27. The maximum absolute atomic E-state index is 11.1. The van der Waals surface area contributed by atoms with Crippen molar-refractivity contribution in [2.75, 3.05) is 13.1 Å². The highest BCUT2D eigenvalue weighted by Crippen LogP contribution is 2.18. The Morgan fingerprint density at radius 2 is 2.18 bits per heavy atom. The summed E-state index contributed by atoms with van der Waals surface area (Å²) in [6.45, 7) is 4.80. The highest BCUT2D eigenvalue weighted by atomic mass is 16.1. The monoisotopic (exact) mass is 233 g/mol. The van der Waals surface area contributed by atoms with Gasteiger partial charge in [-0.2, -0.15) is 0 Å². The van der Waals surface area contributed by atoms with Gasteiger partial charge in [-0.25, -0.2) is 0 Å². The minimum Gasteiger partial charge on any atom is -0.369 e. The van der Waals surface area contributed by atoms with Crippen molar-refractivity contribution in [3.05, 3.63) is 29.6 Å². The van der Waals surface area contributed by atoms with Crippen molar-refractivity contribution < 1.29 is 4.79 Å². The maximum Gasteiger partial charge on any atom is 0.220 e. The molecule has 92 valence electrons. The third-order valence-corrected chi connectivity index (χ3v) is 3.37. The summed E-state index contributed by atoms with van der Waals surface area (Å²) in [6.07, 6.45) is 3.69. The molecule has 0 unspecified atom stereocenters. The average Bonchev–Trinajstić information content (AvgIpc) is 2.33. The van der Waals surface area contributed by atoms with E-state index in [0.717, 1.165) is 38.2 Å². The van der Waals surface area contributed by atoms with Crippen molar-refractivity contribution in [1.29, 1.82) is 0 Å². The van der Waals surface area contributed by atoms with E-state index in [9.17, 15) is 4.79 Å². The molecule has 2 N–H and O–H groups in total. The van der Waals surface area contributed by atoms with Crippen molar-refractivity contribution in [2.24, 2.45) is 11.7 Å². The third-order valence-electron chi connectivity index (χ3n) is 3.37. The van der Waals surface area contributed by atoms with Crippen LogP contribution in [0.1, 0.15) is 24.1 Å². The summed E-state index contributed by atoms with van der Waals surface area (Å²) in [6, 6.07) is 4.15. The Morgan fingerprint density at radius 3 is 2.71 bits per heavy atom. The van der Waals surface area contributed by atoms with Crippen LogP contribution in [0.25, 0.3) is 0 Å². The van der Waals surface area contributed by atoms with Crippen LogP contribution in [0.15, 0.2) is 18.3 Å². The largest absolute Gasteiger partial charge is 0.369 e. The number of carbonyl (C=O) groups is 1. The fourth-order valence-electron chi connectivity index (χ4n) is 2.23. The Bertz CT molecular complexity index is 380. The molecule has 4 heteroatoms. The Morgan fingerprint density at radius 1 is 1.47 bits per heavy atom. The fourth-order valence-corrected chi connectivity index (χ4v) is 2.23. The molecule has 1 aromatic rings. The van der Waals surface area contributed by atoms with Gasteiger partial charge in [-0.3, -0.25) is 14.7 Å². The van der Waals surface area contributed by atoms with Crippen LogP contribution < -0.4 is 5.73 Å². The van der Waals surface area contributed by atoms with Crippen LogP contribution in [0.3, 0.4) is 0 Å². The molecule has 2 heterocycles. The molecule has 0 aromatic carbocycles. The molecule has 0 bridgehead atoms. The number of aryl methyl sites for hydroxylation is 1. The Kier molecular flexibility index (Phi) is 3.74. The zero-order valence-corrected chi connectivity index (χ0v) is 10.2. The van der Waals surface area contributed by atoms with Gasteiger partial charge in [-0.15, -0.1) is 0 Å². The number of carbonyl (C=O) groups excluding carboxylic acids is 1. The maximum atomic E-state index is 11.1. The van der Waals surface area contributed by atoms with Gasteiger partial charge in [0.1, 0.15) is 0 Å². The normalized spacial score (nSPS) is 18.2. The Hall–Kier alpha value is -1.42. The fraction of sp³-hybridized carbons (Fsp3) is 0.538. The van der Waals surface area contributed by atoms with Gasteiger partial charge in [0.25, 0.3) is 0 Å². The van der Waals surface area contributed by atoms with Crippen molar-refractivity contribution in [3.8, 4) is 0 Å². The van der Waals surface area contributed by atoms with Gasteiger partial charge in [0.05, 0.1) is 0 Å². The lowest BCUT2D eigenvalue weighted by molar-refractivity contribution is -0.123. The van der Waals surface area contributed by atoms with Crippen LogP contribution in [0.2, 0.25) is 0 Å². The van der Waals surface area contributed by atoms with E-state index in [0.29, 0.717) is 0 Å². The molecule has 0 atom stereocenters. The number of hydrogen-bond acceptors (Lipinski definition) is 3. The molecule has 1 aliphatic heterocycles. The van der Waals surface area contributed by atoms with Crippen molar-refractivity contribution in [3.63, 3.8) is 0 Å². The molecule has 0 spiro atoms. The van der Waals surface area contributed by atoms with Crippen molar-refractivity contribution in [1.82, 2.24) is 9.88 Å². The summed E-state index contributed by atoms with van der Waals surface area (Å²) in [4.78, 5) is 17.7. The number of nitrogens with zero attached hydrogens (tertiary/aromatic N) is 2. The lowest BCUT2D eigenvalue weighted by Crippen LogP contribution is -2.38. The van der Waals surface area contributed by atoms with Crippen LogP contribution in [0, 0.1) is 12.8 Å². The SMILES string of the molecule is Cc1ccc(CN2CCC(C(N)=O)CC2)cn1. The average molecular weight is 233 g/mol. The van der Waals surface area contributed by atoms with E-state index in [1.807, 2.05) is 19.2 Å². The number of nitrogens with two attached hydrogens (primary N) is 1. The van der Waals surface area contributed by atoms with Crippen LogP contribution in [0.4, 0.5) is 0 Å². The number of primary amides is 1. The first-order valence-electron chi connectivity index (χ1n) is 6.08. The lowest BCUT2D eigenvalue weighted by atomic mass is 9.96.